The van der Waals surface area contributed by atoms with Gasteiger partial charge in [-0.15, -0.1) is 0 Å². The lowest BCUT2D eigenvalue weighted by molar-refractivity contribution is 0.162. The number of hydrogen-bond acceptors (Lipinski definition) is 3. The Labute approximate surface area is 78.9 Å². The Hall–Kier alpha value is -0.800. The normalized spacial score (nSPS) is 10.6. The smallest absolute Gasteiger partial charge is 0.129 e. The molecule has 0 spiro atoms. The number of hydrogen-bond donors (Lipinski definition) is 1. The summed E-state index contributed by atoms with van der Waals surface area (Å²) in [5, 5.41) is 0. The van der Waals surface area contributed by atoms with E-state index in [2.05, 4.69) is 0 Å². The Morgan fingerprint density at radius 3 is 2.77 bits per heavy atom. The number of rotatable bonds is 6. The van der Waals surface area contributed by atoms with Crippen molar-refractivity contribution in [3.05, 3.63) is 23.7 Å². The van der Waals surface area contributed by atoms with Crippen molar-refractivity contribution in [2.24, 2.45) is 5.73 Å². The Balaban J connectivity index is 2.31. The quantitative estimate of drug-likeness (QED) is 0.683. The maximum absolute atomic E-state index is 5.50. The molecule has 1 heterocycles. The summed E-state index contributed by atoms with van der Waals surface area (Å²) in [5.74, 6) is 1.92. The van der Waals surface area contributed by atoms with E-state index in [4.69, 9.17) is 14.9 Å². The Morgan fingerprint density at radius 2 is 2.08 bits per heavy atom. The summed E-state index contributed by atoms with van der Waals surface area (Å²) in [7, 11) is 1.66. The molecule has 0 aliphatic heterocycles. The zero-order valence-corrected chi connectivity index (χ0v) is 8.08. The molecule has 3 heteroatoms. The summed E-state index contributed by atoms with van der Waals surface area (Å²) < 4.78 is 10.5. The zero-order chi connectivity index (χ0) is 9.52. The van der Waals surface area contributed by atoms with Crippen molar-refractivity contribution in [1.82, 2.24) is 0 Å². The summed E-state index contributed by atoms with van der Waals surface area (Å²) in [6, 6.07) is 3.96. The van der Waals surface area contributed by atoms with E-state index in [1.807, 2.05) is 12.1 Å². The van der Waals surface area contributed by atoms with Crippen LogP contribution in [0.15, 0.2) is 16.5 Å². The van der Waals surface area contributed by atoms with Crippen molar-refractivity contribution in [3.63, 3.8) is 0 Å². The van der Waals surface area contributed by atoms with Gasteiger partial charge in [-0.25, -0.2) is 0 Å². The average Bonchev–Trinajstić information content (AvgIpc) is 2.54. The summed E-state index contributed by atoms with van der Waals surface area (Å²) >= 11 is 0. The van der Waals surface area contributed by atoms with Crippen LogP contribution < -0.4 is 5.73 Å². The molecule has 0 atom stereocenters. The van der Waals surface area contributed by atoms with Crippen molar-refractivity contribution in [1.29, 1.82) is 0 Å². The fourth-order valence-electron chi connectivity index (χ4n) is 1.22. The lowest BCUT2D eigenvalue weighted by Crippen LogP contribution is -1.98. The molecule has 13 heavy (non-hydrogen) atoms. The molecule has 3 nitrogen and oxygen atoms in total. The van der Waals surface area contributed by atoms with Crippen LogP contribution in [0, 0.1) is 0 Å². The van der Waals surface area contributed by atoms with Crippen molar-refractivity contribution < 1.29 is 9.15 Å². The van der Waals surface area contributed by atoms with Crippen LogP contribution in [0.3, 0.4) is 0 Å². The van der Waals surface area contributed by atoms with Gasteiger partial charge in [0.2, 0.25) is 0 Å². The molecule has 74 valence electrons. The topological polar surface area (TPSA) is 48.4 Å². The number of nitrogens with two attached hydrogens (primary N) is 1. The number of methoxy groups -OCH3 is 1. The van der Waals surface area contributed by atoms with Crippen LogP contribution in [0.1, 0.15) is 24.4 Å². The van der Waals surface area contributed by atoms with Crippen molar-refractivity contribution in [2.75, 3.05) is 13.7 Å². The van der Waals surface area contributed by atoms with Gasteiger partial charge in [0.05, 0.1) is 0 Å². The summed E-state index contributed by atoms with van der Waals surface area (Å²) in [6.07, 6.45) is 3.12. The van der Waals surface area contributed by atoms with Gasteiger partial charge in [0.1, 0.15) is 18.1 Å². The second-order valence-electron chi connectivity index (χ2n) is 3.05. The second kappa shape index (κ2) is 5.78. The third kappa shape index (κ3) is 3.61. The van der Waals surface area contributed by atoms with Crippen LogP contribution in [0.4, 0.5) is 0 Å². The predicted molar refractivity (Wildman–Crippen MR) is 51.4 cm³/mol. The molecular weight excluding hydrogens is 166 g/mol. The van der Waals surface area contributed by atoms with Gasteiger partial charge in [0.15, 0.2) is 0 Å². The minimum atomic E-state index is 0.552. The number of furan rings is 1. The molecule has 0 fully saturated rings. The van der Waals surface area contributed by atoms with Crippen molar-refractivity contribution in [3.8, 4) is 0 Å². The standard InChI is InChI=1S/C10H17NO2/c1-12-8-10-6-5-9(13-10)4-2-3-7-11/h5-6H,2-4,7-8,11H2,1H3. The molecule has 2 N–H and O–H groups in total. The summed E-state index contributed by atoms with van der Waals surface area (Å²) in [6.45, 7) is 1.31. The molecule has 0 unspecified atom stereocenters. The lowest BCUT2D eigenvalue weighted by atomic mass is 10.2. The molecule has 0 bridgehead atoms. The van der Waals surface area contributed by atoms with E-state index >= 15 is 0 Å². The minimum Gasteiger partial charge on any atom is -0.464 e. The SMILES string of the molecule is COCc1ccc(CCCCN)o1. The van der Waals surface area contributed by atoms with E-state index in [1.54, 1.807) is 7.11 Å². The monoisotopic (exact) mass is 183 g/mol. The fraction of sp³-hybridized carbons (Fsp3) is 0.600. The highest BCUT2D eigenvalue weighted by Gasteiger charge is 2.00. The van der Waals surface area contributed by atoms with Gasteiger partial charge < -0.3 is 14.9 Å². The Bertz CT molecular complexity index is 233. The van der Waals surface area contributed by atoms with Gasteiger partial charge in [0.25, 0.3) is 0 Å². The van der Waals surface area contributed by atoms with Crippen LogP contribution in [-0.2, 0) is 17.8 Å². The molecular formula is C10H17NO2. The van der Waals surface area contributed by atoms with Gasteiger partial charge >= 0.3 is 0 Å². The van der Waals surface area contributed by atoms with E-state index in [0.29, 0.717) is 6.61 Å². The highest BCUT2D eigenvalue weighted by molar-refractivity contribution is 5.06. The van der Waals surface area contributed by atoms with Gasteiger partial charge in [-0.2, -0.15) is 0 Å². The van der Waals surface area contributed by atoms with Crippen LogP contribution in [-0.4, -0.2) is 13.7 Å². The maximum atomic E-state index is 5.50. The number of unbranched alkanes of at least 4 members (excludes halogenated alkanes) is 1. The first kappa shape index (κ1) is 10.3. The van der Waals surface area contributed by atoms with Gasteiger partial charge in [-0.05, 0) is 31.5 Å². The van der Waals surface area contributed by atoms with E-state index in [9.17, 15) is 0 Å². The van der Waals surface area contributed by atoms with E-state index in [0.717, 1.165) is 37.3 Å². The zero-order valence-electron chi connectivity index (χ0n) is 8.08. The average molecular weight is 183 g/mol. The second-order valence-corrected chi connectivity index (χ2v) is 3.05. The van der Waals surface area contributed by atoms with E-state index in [1.165, 1.54) is 0 Å². The molecule has 0 aliphatic rings. The first-order chi connectivity index (χ1) is 6.36. The first-order valence-corrected chi connectivity index (χ1v) is 4.63. The molecule has 0 amide bonds. The van der Waals surface area contributed by atoms with Crippen LogP contribution in [0.25, 0.3) is 0 Å². The van der Waals surface area contributed by atoms with Gasteiger partial charge in [-0.1, -0.05) is 0 Å². The first-order valence-electron chi connectivity index (χ1n) is 4.63. The maximum Gasteiger partial charge on any atom is 0.129 e. The lowest BCUT2D eigenvalue weighted by Gasteiger charge is -1.96. The van der Waals surface area contributed by atoms with E-state index < -0.39 is 0 Å². The Morgan fingerprint density at radius 1 is 1.31 bits per heavy atom. The summed E-state index contributed by atoms with van der Waals surface area (Å²) in [5.41, 5.74) is 5.39. The summed E-state index contributed by atoms with van der Waals surface area (Å²) in [4.78, 5) is 0. The highest BCUT2D eigenvalue weighted by atomic mass is 16.5. The van der Waals surface area contributed by atoms with Crippen LogP contribution in [0.2, 0.25) is 0 Å². The molecule has 1 aromatic heterocycles. The van der Waals surface area contributed by atoms with Gasteiger partial charge in [-0.3, -0.25) is 0 Å². The number of aryl methyl sites for hydroxylation is 1. The largest absolute Gasteiger partial charge is 0.464 e. The molecule has 0 aromatic carbocycles. The van der Waals surface area contributed by atoms with Crippen LogP contribution >= 0.6 is 0 Å². The molecule has 0 saturated carbocycles. The van der Waals surface area contributed by atoms with Crippen molar-refractivity contribution >= 4 is 0 Å². The number of ether oxygens (including phenoxy) is 1. The predicted octanol–water partition coefficient (Wildman–Crippen LogP) is 1.71. The fourth-order valence-corrected chi connectivity index (χ4v) is 1.22. The molecule has 1 rings (SSSR count). The van der Waals surface area contributed by atoms with Crippen molar-refractivity contribution in [2.45, 2.75) is 25.9 Å². The Kier molecular flexibility index (Phi) is 4.57. The molecule has 0 radical (unpaired) electrons. The van der Waals surface area contributed by atoms with E-state index in [-0.39, 0.29) is 0 Å². The van der Waals surface area contributed by atoms with Gasteiger partial charge in [0, 0.05) is 13.5 Å². The third-order valence-corrected chi connectivity index (χ3v) is 1.88. The highest BCUT2D eigenvalue weighted by Crippen LogP contribution is 2.11. The van der Waals surface area contributed by atoms with Crippen LogP contribution in [0.5, 0.6) is 0 Å². The molecule has 1 aromatic rings. The third-order valence-electron chi connectivity index (χ3n) is 1.88. The minimum absolute atomic E-state index is 0.552. The molecule has 0 aliphatic carbocycles. The molecule has 0 saturated heterocycles.